The van der Waals surface area contributed by atoms with E-state index in [1.165, 1.54) is 0 Å². The van der Waals surface area contributed by atoms with E-state index in [1.807, 2.05) is 50.2 Å². The number of benzene rings is 1. The Bertz CT molecular complexity index is 728. The lowest BCUT2D eigenvalue weighted by atomic mass is 9.97. The number of hydrogen-bond acceptors (Lipinski definition) is 5. The number of rotatable bonds is 5. The summed E-state index contributed by atoms with van der Waals surface area (Å²) < 4.78 is 5.18. The molecule has 26 heavy (non-hydrogen) atoms. The zero-order valence-electron chi connectivity index (χ0n) is 15.6. The first-order chi connectivity index (χ1) is 12.6. The Morgan fingerprint density at radius 3 is 2.58 bits per heavy atom. The summed E-state index contributed by atoms with van der Waals surface area (Å²) in [6, 6.07) is 11.9. The van der Waals surface area contributed by atoms with Crippen LogP contribution < -0.4 is 15.0 Å². The zero-order valence-corrected chi connectivity index (χ0v) is 15.6. The van der Waals surface area contributed by atoms with Gasteiger partial charge in [0.25, 0.3) is 0 Å². The molecule has 3 rings (SSSR count). The molecule has 1 aromatic heterocycles. The van der Waals surface area contributed by atoms with Crippen molar-refractivity contribution >= 4 is 11.7 Å². The predicted octanol–water partition coefficient (Wildman–Crippen LogP) is 2.89. The maximum absolute atomic E-state index is 12.3. The molecule has 1 atom stereocenters. The maximum atomic E-state index is 12.3. The average molecular weight is 354 g/mol. The minimum absolute atomic E-state index is 0.00853. The van der Waals surface area contributed by atoms with E-state index >= 15 is 0 Å². The highest BCUT2D eigenvalue weighted by Crippen LogP contribution is 2.24. The average Bonchev–Trinajstić information content (AvgIpc) is 2.68. The first-order valence-corrected chi connectivity index (χ1v) is 9.10. The SMILES string of the molecule is COc1ccc(-c2ccc(N3CCCC(C(=O)NC(C)C)C3)nn2)cc1. The quantitative estimate of drug-likeness (QED) is 0.894. The molecule has 6 heteroatoms. The highest BCUT2D eigenvalue weighted by molar-refractivity contribution is 5.79. The van der Waals surface area contributed by atoms with Crippen LogP contribution >= 0.6 is 0 Å². The Balaban J connectivity index is 1.68. The molecule has 1 unspecified atom stereocenters. The van der Waals surface area contributed by atoms with Gasteiger partial charge < -0.3 is 15.0 Å². The molecule has 2 heterocycles. The molecule has 0 spiro atoms. The topological polar surface area (TPSA) is 67.3 Å². The molecule has 1 aliphatic rings. The number of anilines is 1. The number of amides is 1. The molecule has 1 saturated heterocycles. The molecule has 138 valence electrons. The van der Waals surface area contributed by atoms with Crippen LogP contribution in [0.25, 0.3) is 11.3 Å². The van der Waals surface area contributed by atoms with Crippen LogP contribution in [0.4, 0.5) is 5.82 Å². The number of piperidine rings is 1. The summed E-state index contributed by atoms with van der Waals surface area (Å²) >= 11 is 0. The molecular formula is C20H26N4O2. The Labute approximate surface area is 154 Å². The number of methoxy groups -OCH3 is 1. The van der Waals surface area contributed by atoms with Crippen molar-refractivity contribution in [2.24, 2.45) is 5.92 Å². The van der Waals surface area contributed by atoms with Gasteiger partial charge in [-0.1, -0.05) is 0 Å². The van der Waals surface area contributed by atoms with Crippen LogP contribution in [0.15, 0.2) is 36.4 Å². The number of carbonyl (C=O) groups is 1. The molecule has 0 aliphatic carbocycles. The van der Waals surface area contributed by atoms with Crippen LogP contribution in [0.3, 0.4) is 0 Å². The molecule has 0 saturated carbocycles. The third kappa shape index (κ3) is 4.31. The summed E-state index contributed by atoms with van der Waals surface area (Å²) in [6.45, 7) is 5.57. The van der Waals surface area contributed by atoms with Crippen molar-refractivity contribution in [2.75, 3.05) is 25.1 Å². The van der Waals surface area contributed by atoms with Crippen molar-refractivity contribution in [3.63, 3.8) is 0 Å². The largest absolute Gasteiger partial charge is 0.497 e. The second-order valence-corrected chi connectivity index (χ2v) is 6.95. The molecule has 2 aromatic rings. The lowest BCUT2D eigenvalue weighted by Crippen LogP contribution is -2.45. The van der Waals surface area contributed by atoms with Crippen LogP contribution in [0.1, 0.15) is 26.7 Å². The van der Waals surface area contributed by atoms with E-state index in [0.29, 0.717) is 6.54 Å². The van der Waals surface area contributed by atoms with Gasteiger partial charge in [-0.15, -0.1) is 10.2 Å². The molecule has 1 amide bonds. The summed E-state index contributed by atoms with van der Waals surface area (Å²) in [5.41, 5.74) is 1.82. The summed E-state index contributed by atoms with van der Waals surface area (Å²) in [5, 5.41) is 11.8. The molecule has 1 aromatic carbocycles. The monoisotopic (exact) mass is 354 g/mol. The third-order valence-corrected chi connectivity index (χ3v) is 4.58. The summed E-state index contributed by atoms with van der Waals surface area (Å²) in [4.78, 5) is 14.4. The van der Waals surface area contributed by atoms with Gasteiger partial charge in [-0.05, 0) is 63.1 Å². The summed E-state index contributed by atoms with van der Waals surface area (Å²) in [7, 11) is 1.65. The van der Waals surface area contributed by atoms with Gasteiger partial charge in [-0.25, -0.2) is 0 Å². The number of nitrogens with one attached hydrogen (secondary N) is 1. The molecule has 1 fully saturated rings. The van der Waals surface area contributed by atoms with Gasteiger partial charge in [-0.3, -0.25) is 4.79 Å². The fraction of sp³-hybridized carbons (Fsp3) is 0.450. The maximum Gasteiger partial charge on any atom is 0.225 e. The van der Waals surface area contributed by atoms with Crippen molar-refractivity contribution in [2.45, 2.75) is 32.7 Å². The van der Waals surface area contributed by atoms with Gasteiger partial charge in [0.05, 0.1) is 18.7 Å². The van der Waals surface area contributed by atoms with E-state index in [4.69, 9.17) is 4.74 Å². The highest BCUT2D eigenvalue weighted by Gasteiger charge is 2.27. The Morgan fingerprint density at radius 1 is 1.19 bits per heavy atom. The van der Waals surface area contributed by atoms with Gasteiger partial charge in [0.1, 0.15) is 5.75 Å². The number of aromatic nitrogens is 2. The van der Waals surface area contributed by atoms with Gasteiger partial charge in [0, 0.05) is 24.7 Å². The van der Waals surface area contributed by atoms with Crippen molar-refractivity contribution in [1.82, 2.24) is 15.5 Å². The van der Waals surface area contributed by atoms with E-state index in [1.54, 1.807) is 7.11 Å². The van der Waals surface area contributed by atoms with E-state index in [9.17, 15) is 4.79 Å². The normalized spacial score (nSPS) is 17.2. The van der Waals surface area contributed by atoms with Gasteiger partial charge in [0.15, 0.2) is 5.82 Å². The van der Waals surface area contributed by atoms with Gasteiger partial charge in [0.2, 0.25) is 5.91 Å². The number of carbonyl (C=O) groups excluding carboxylic acids is 1. The Hall–Kier alpha value is -2.63. The first kappa shape index (κ1) is 18.2. The first-order valence-electron chi connectivity index (χ1n) is 9.10. The second kappa shape index (κ2) is 8.17. The third-order valence-electron chi connectivity index (χ3n) is 4.58. The van der Waals surface area contributed by atoms with Crippen LogP contribution in [0.5, 0.6) is 5.75 Å². The zero-order chi connectivity index (χ0) is 18.5. The summed E-state index contributed by atoms with van der Waals surface area (Å²) in [6.07, 6.45) is 1.91. The van der Waals surface area contributed by atoms with E-state index < -0.39 is 0 Å². The van der Waals surface area contributed by atoms with E-state index in [0.717, 1.165) is 42.2 Å². The molecule has 0 bridgehead atoms. The van der Waals surface area contributed by atoms with Crippen LogP contribution in [0, 0.1) is 5.92 Å². The number of ether oxygens (including phenoxy) is 1. The number of hydrogen-bond donors (Lipinski definition) is 1. The smallest absolute Gasteiger partial charge is 0.225 e. The molecule has 6 nitrogen and oxygen atoms in total. The molecule has 0 radical (unpaired) electrons. The number of nitrogens with zero attached hydrogens (tertiary/aromatic N) is 3. The highest BCUT2D eigenvalue weighted by atomic mass is 16.5. The molecule has 1 N–H and O–H groups in total. The van der Waals surface area contributed by atoms with Gasteiger partial charge >= 0.3 is 0 Å². The predicted molar refractivity (Wildman–Crippen MR) is 102 cm³/mol. The lowest BCUT2D eigenvalue weighted by Gasteiger charge is -2.32. The molecule has 1 aliphatic heterocycles. The van der Waals surface area contributed by atoms with Gasteiger partial charge in [-0.2, -0.15) is 0 Å². The minimum atomic E-state index is 0.00853. The van der Waals surface area contributed by atoms with Crippen LogP contribution in [0.2, 0.25) is 0 Å². The van der Waals surface area contributed by atoms with Crippen molar-refractivity contribution in [3.8, 4) is 17.0 Å². The van der Waals surface area contributed by atoms with E-state index in [-0.39, 0.29) is 17.9 Å². The summed E-state index contributed by atoms with van der Waals surface area (Å²) in [5.74, 6) is 1.78. The van der Waals surface area contributed by atoms with Crippen molar-refractivity contribution < 1.29 is 9.53 Å². The lowest BCUT2D eigenvalue weighted by molar-refractivity contribution is -0.125. The fourth-order valence-corrected chi connectivity index (χ4v) is 3.21. The second-order valence-electron chi connectivity index (χ2n) is 6.95. The van der Waals surface area contributed by atoms with E-state index in [2.05, 4.69) is 20.4 Å². The Kier molecular flexibility index (Phi) is 5.71. The van der Waals surface area contributed by atoms with Crippen LogP contribution in [-0.2, 0) is 4.79 Å². The minimum Gasteiger partial charge on any atom is -0.497 e. The van der Waals surface area contributed by atoms with Crippen LogP contribution in [-0.4, -0.2) is 42.3 Å². The Morgan fingerprint density at radius 2 is 1.96 bits per heavy atom. The van der Waals surface area contributed by atoms with Crippen molar-refractivity contribution in [3.05, 3.63) is 36.4 Å². The molecular weight excluding hydrogens is 328 g/mol. The fourth-order valence-electron chi connectivity index (χ4n) is 3.21. The standard InChI is InChI=1S/C20H26N4O2/c1-14(2)21-20(25)16-5-4-12-24(13-16)19-11-10-18(22-23-19)15-6-8-17(26-3)9-7-15/h6-11,14,16H,4-5,12-13H2,1-3H3,(H,21,25). The van der Waals surface area contributed by atoms with Crippen molar-refractivity contribution in [1.29, 1.82) is 0 Å².